The summed E-state index contributed by atoms with van der Waals surface area (Å²) in [5, 5.41) is 20.7. The molecule has 1 amide bonds. The van der Waals surface area contributed by atoms with Gasteiger partial charge in [0.25, 0.3) is 5.91 Å². The SMILES string of the molecule is Cc1ccc(C)c(C(=O)NCCSCCCO)c1C(=O)O. The Morgan fingerprint density at radius 2 is 1.76 bits per heavy atom. The number of aromatic carboxylic acids is 1. The molecule has 0 fully saturated rings. The molecule has 0 aliphatic rings. The van der Waals surface area contributed by atoms with E-state index in [1.165, 1.54) is 0 Å². The van der Waals surface area contributed by atoms with Gasteiger partial charge in [-0.15, -0.1) is 0 Å². The van der Waals surface area contributed by atoms with Gasteiger partial charge in [-0.3, -0.25) is 4.79 Å². The van der Waals surface area contributed by atoms with E-state index in [2.05, 4.69) is 5.32 Å². The summed E-state index contributed by atoms with van der Waals surface area (Å²) >= 11 is 1.64. The molecule has 0 aromatic heterocycles. The molecule has 0 radical (unpaired) electrons. The van der Waals surface area contributed by atoms with Crippen LogP contribution in [0.4, 0.5) is 0 Å². The number of carboxylic acids is 1. The molecule has 1 rings (SSSR count). The highest BCUT2D eigenvalue weighted by atomic mass is 32.2. The van der Waals surface area contributed by atoms with E-state index in [1.807, 2.05) is 0 Å². The maximum absolute atomic E-state index is 12.2. The van der Waals surface area contributed by atoms with Crippen LogP contribution in [0.1, 0.15) is 38.3 Å². The van der Waals surface area contributed by atoms with Crippen LogP contribution < -0.4 is 5.32 Å². The lowest BCUT2D eigenvalue weighted by Crippen LogP contribution is -2.28. The lowest BCUT2D eigenvalue weighted by Gasteiger charge is -2.12. The van der Waals surface area contributed by atoms with Crippen LogP contribution in [0.15, 0.2) is 12.1 Å². The predicted octanol–water partition coefficient (Wildman–Crippen LogP) is 1.85. The van der Waals surface area contributed by atoms with Crippen LogP contribution in [-0.4, -0.2) is 46.7 Å². The quantitative estimate of drug-likeness (QED) is 0.638. The van der Waals surface area contributed by atoms with Crippen molar-refractivity contribution in [3.05, 3.63) is 34.4 Å². The van der Waals surface area contributed by atoms with Crippen molar-refractivity contribution in [2.75, 3.05) is 24.7 Å². The van der Waals surface area contributed by atoms with Crippen molar-refractivity contribution in [3.63, 3.8) is 0 Å². The number of carboxylic acid groups (broad SMARTS) is 1. The Bertz CT molecular complexity index is 517. The summed E-state index contributed by atoms with van der Waals surface area (Å²) in [4.78, 5) is 23.5. The van der Waals surface area contributed by atoms with Gasteiger partial charge >= 0.3 is 5.97 Å². The topological polar surface area (TPSA) is 86.6 Å². The molecule has 3 N–H and O–H groups in total. The molecular formula is C15H21NO4S. The van der Waals surface area contributed by atoms with Gasteiger partial charge in [-0.1, -0.05) is 12.1 Å². The molecule has 1 aromatic carbocycles. The van der Waals surface area contributed by atoms with Crippen LogP contribution in [0.25, 0.3) is 0 Å². The Morgan fingerprint density at radius 1 is 1.14 bits per heavy atom. The van der Waals surface area contributed by atoms with Crippen LogP contribution in [0, 0.1) is 13.8 Å². The maximum Gasteiger partial charge on any atom is 0.336 e. The van der Waals surface area contributed by atoms with E-state index in [0.29, 0.717) is 17.7 Å². The van der Waals surface area contributed by atoms with Gasteiger partial charge in [-0.25, -0.2) is 4.79 Å². The Kier molecular flexibility index (Phi) is 7.25. The van der Waals surface area contributed by atoms with E-state index in [-0.39, 0.29) is 23.6 Å². The number of hydrogen-bond donors (Lipinski definition) is 3. The molecule has 0 saturated carbocycles. The largest absolute Gasteiger partial charge is 0.478 e. The molecule has 0 aliphatic heterocycles. The van der Waals surface area contributed by atoms with Crippen LogP contribution >= 0.6 is 11.8 Å². The minimum atomic E-state index is -1.08. The summed E-state index contributed by atoms with van der Waals surface area (Å²) in [6.45, 7) is 4.06. The number of carbonyl (C=O) groups excluding carboxylic acids is 1. The number of amides is 1. The summed E-state index contributed by atoms with van der Waals surface area (Å²) in [5.41, 5.74) is 1.54. The normalized spacial score (nSPS) is 10.4. The lowest BCUT2D eigenvalue weighted by molar-refractivity contribution is 0.0690. The fourth-order valence-electron chi connectivity index (χ4n) is 1.97. The molecule has 116 valence electrons. The smallest absolute Gasteiger partial charge is 0.336 e. The zero-order valence-corrected chi connectivity index (χ0v) is 13.1. The Labute approximate surface area is 128 Å². The van der Waals surface area contributed by atoms with Gasteiger partial charge in [0.15, 0.2) is 0 Å². The molecule has 21 heavy (non-hydrogen) atoms. The number of carbonyl (C=O) groups is 2. The van der Waals surface area contributed by atoms with Crippen molar-refractivity contribution in [1.29, 1.82) is 0 Å². The van der Waals surface area contributed by atoms with E-state index >= 15 is 0 Å². The first kappa shape index (κ1) is 17.5. The number of aliphatic hydroxyl groups is 1. The third-order valence-electron chi connectivity index (χ3n) is 3.04. The molecular weight excluding hydrogens is 290 g/mol. The average Bonchev–Trinajstić information content (AvgIpc) is 2.44. The molecule has 6 heteroatoms. The first-order chi connectivity index (χ1) is 9.99. The zero-order valence-electron chi connectivity index (χ0n) is 12.3. The molecule has 0 spiro atoms. The molecule has 0 unspecified atom stereocenters. The lowest BCUT2D eigenvalue weighted by atomic mass is 9.96. The summed E-state index contributed by atoms with van der Waals surface area (Å²) < 4.78 is 0. The molecule has 0 bridgehead atoms. The Balaban J connectivity index is 2.70. The van der Waals surface area contributed by atoms with Gasteiger partial charge in [0, 0.05) is 18.9 Å². The minimum absolute atomic E-state index is 0.0698. The van der Waals surface area contributed by atoms with Crippen molar-refractivity contribution in [3.8, 4) is 0 Å². The summed E-state index contributed by atoms with van der Waals surface area (Å²) in [6, 6.07) is 3.47. The van der Waals surface area contributed by atoms with Gasteiger partial charge < -0.3 is 15.5 Å². The van der Waals surface area contributed by atoms with Gasteiger partial charge in [0.1, 0.15) is 0 Å². The molecule has 5 nitrogen and oxygen atoms in total. The monoisotopic (exact) mass is 311 g/mol. The van der Waals surface area contributed by atoms with Crippen molar-refractivity contribution < 1.29 is 19.8 Å². The highest BCUT2D eigenvalue weighted by molar-refractivity contribution is 7.99. The number of nitrogens with one attached hydrogen (secondary N) is 1. The van der Waals surface area contributed by atoms with Crippen LogP contribution in [-0.2, 0) is 0 Å². The average molecular weight is 311 g/mol. The number of hydrogen-bond acceptors (Lipinski definition) is 4. The fourth-order valence-corrected chi connectivity index (χ4v) is 2.76. The van der Waals surface area contributed by atoms with Crippen molar-refractivity contribution >= 4 is 23.6 Å². The van der Waals surface area contributed by atoms with E-state index in [1.54, 1.807) is 37.7 Å². The number of rotatable bonds is 8. The standard InChI is InChI=1S/C15H21NO4S/c1-10-4-5-11(2)13(15(19)20)12(10)14(18)16-6-9-21-8-3-7-17/h4-5,17H,3,6-9H2,1-2H3,(H,16,18)(H,19,20). The van der Waals surface area contributed by atoms with E-state index < -0.39 is 5.97 Å². The molecule has 0 saturated heterocycles. The first-order valence-corrected chi connectivity index (χ1v) is 7.94. The van der Waals surface area contributed by atoms with Gasteiger partial charge in [0.05, 0.1) is 11.1 Å². The first-order valence-electron chi connectivity index (χ1n) is 6.79. The van der Waals surface area contributed by atoms with E-state index in [0.717, 1.165) is 17.9 Å². The number of aryl methyl sites for hydroxylation is 2. The van der Waals surface area contributed by atoms with Gasteiger partial charge in [0.2, 0.25) is 0 Å². The zero-order chi connectivity index (χ0) is 15.8. The predicted molar refractivity (Wildman–Crippen MR) is 84.2 cm³/mol. The second-order valence-electron chi connectivity index (χ2n) is 4.70. The maximum atomic E-state index is 12.2. The highest BCUT2D eigenvalue weighted by Gasteiger charge is 2.20. The minimum Gasteiger partial charge on any atom is -0.478 e. The summed E-state index contributed by atoms with van der Waals surface area (Å²) in [7, 11) is 0. The van der Waals surface area contributed by atoms with Crippen molar-refractivity contribution in [1.82, 2.24) is 5.32 Å². The van der Waals surface area contributed by atoms with Crippen LogP contribution in [0.3, 0.4) is 0 Å². The van der Waals surface area contributed by atoms with Gasteiger partial charge in [-0.05, 0) is 37.1 Å². The fraction of sp³-hybridized carbons (Fsp3) is 0.467. The third kappa shape index (κ3) is 5.06. The summed E-state index contributed by atoms with van der Waals surface area (Å²) in [6.07, 6.45) is 0.735. The van der Waals surface area contributed by atoms with Crippen molar-refractivity contribution in [2.24, 2.45) is 0 Å². The van der Waals surface area contributed by atoms with E-state index in [4.69, 9.17) is 5.11 Å². The van der Waals surface area contributed by atoms with Gasteiger partial charge in [-0.2, -0.15) is 11.8 Å². The summed E-state index contributed by atoms with van der Waals surface area (Å²) in [5.74, 6) is 0.143. The number of benzene rings is 1. The molecule has 0 atom stereocenters. The van der Waals surface area contributed by atoms with E-state index in [9.17, 15) is 14.7 Å². The molecule has 0 aliphatic carbocycles. The number of aliphatic hydroxyl groups excluding tert-OH is 1. The van der Waals surface area contributed by atoms with Crippen LogP contribution in [0.2, 0.25) is 0 Å². The second kappa shape index (κ2) is 8.69. The van der Waals surface area contributed by atoms with Crippen LogP contribution in [0.5, 0.6) is 0 Å². The molecule has 0 heterocycles. The third-order valence-corrected chi connectivity index (χ3v) is 4.11. The second-order valence-corrected chi connectivity index (χ2v) is 5.92. The Morgan fingerprint density at radius 3 is 2.33 bits per heavy atom. The number of thioether (sulfide) groups is 1. The van der Waals surface area contributed by atoms with Crippen molar-refractivity contribution in [2.45, 2.75) is 20.3 Å². The molecule has 1 aromatic rings. The highest BCUT2D eigenvalue weighted by Crippen LogP contribution is 2.18. The Hall–Kier alpha value is -1.53.